The highest BCUT2D eigenvalue weighted by atomic mass is 35.5. The van der Waals surface area contributed by atoms with Crippen molar-refractivity contribution in [1.82, 2.24) is 0 Å². The summed E-state index contributed by atoms with van der Waals surface area (Å²) in [5.74, 6) is -0.284. The Bertz CT molecular complexity index is 590. The van der Waals surface area contributed by atoms with Crippen molar-refractivity contribution in [3.05, 3.63) is 69.5 Å². The van der Waals surface area contributed by atoms with Gasteiger partial charge in [0.15, 0.2) is 0 Å². The van der Waals surface area contributed by atoms with Crippen LogP contribution in [0.3, 0.4) is 0 Å². The zero-order valence-corrected chi connectivity index (χ0v) is 12.5. The van der Waals surface area contributed by atoms with E-state index in [-0.39, 0.29) is 11.9 Å². The third kappa shape index (κ3) is 4.06. The van der Waals surface area contributed by atoms with Crippen LogP contribution < -0.4 is 5.73 Å². The van der Waals surface area contributed by atoms with Crippen LogP contribution in [0.4, 0.5) is 4.39 Å². The first kappa shape index (κ1) is 15.0. The van der Waals surface area contributed by atoms with Crippen molar-refractivity contribution < 1.29 is 4.39 Å². The Morgan fingerprint density at radius 1 is 1.05 bits per heavy atom. The SMILES string of the molecule is Cc1cc(C)cc(CC(N)Cc2ccc(Cl)cc2F)c1. The van der Waals surface area contributed by atoms with Gasteiger partial charge in [-0.1, -0.05) is 47.0 Å². The van der Waals surface area contributed by atoms with Gasteiger partial charge in [-0.3, -0.25) is 0 Å². The molecule has 2 N–H and O–H groups in total. The molecule has 0 aliphatic rings. The molecule has 0 aliphatic heterocycles. The highest BCUT2D eigenvalue weighted by Crippen LogP contribution is 2.17. The van der Waals surface area contributed by atoms with Crippen molar-refractivity contribution in [2.45, 2.75) is 32.7 Å². The van der Waals surface area contributed by atoms with Gasteiger partial charge in [0.05, 0.1) is 0 Å². The molecular formula is C17H19ClFN. The van der Waals surface area contributed by atoms with Crippen LogP contribution in [0.25, 0.3) is 0 Å². The molecular weight excluding hydrogens is 273 g/mol. The van der Waals surface area contributed by atoms with Crippen molar-refractivity contribution in [2.75, 3.05) is 0 Å². The Labute approximate surface area is 124 Å². The molecule has 2 aromatic carbocycles. The van der Waals surface area contributed by atoms with Crippen molar-refractivity contribution in [1.29, 1.82) is 0 Å². The topological polar surface area (TPSA) is 26.0 Å². The predicted molar refractivity (Wildman–Crippen MR) is 82.7 cm³/mol. The number of hydrogen-bond acceptors (Lipinski definition) is 1. The van der Waals surface area contributed by atoms with Crippen molar-refractivity contribution in [3.8, 4) is 0 Å². The predicted octanol–water partition coefficient (Wildman–Crippen LogP) is 4.21. The van der Waals surface area contributed by atoms with Gasteiger partial charge in [0, 0.05) is 11.1 Å². The minimum Gasteiger partial charge on any atom is -0.327 e. The van der Waals surface area contributed by atoms with Gasteiger partial charge < -0.3 is 5.73 Å². The summed E-state index contributed by atoms with van der Waals surface area (Å²) in [6, 6.07) is 11.0. The molecule has 0 bridgehead atoms. The lowest BCUT2D eigenvalue weighted by Crippen LogP contribution is -2.26. The van der Waals surface area contributed by atoms with Gasteiger partial charge in [0.1, 0.15) is 5.82 Å². The van der Waals surface area contributed by atoms with E-state index in [9.17, 15) is 4.39 Å². The molecule has 0 spiro atoms. The summed E-state index contributed by atoms with van der Waals surface area (Å²) in [5, 5.41) is 0.411. The van der Waals surface area contributed by atoms with Gasteiger partial charge >= 0.3 is 0 Å². The molecule has 0 saturated heterocycles. The maximum atomic E-state index is 13.7. The highest BCUT2D eigenvalue weighted by Gasteiger charge is 2.10. The minimum absolute atomic E-state index is 0.105. The lowest BCUT2D eigenvalue weighted by molar-refractivity contribution is 0.584. The fraction of sp³-hybridized carbons (Fsp3) is 0.294. The average Bonchev–Trinajstić information content (AvgIpc) is 2.31. The van der Waals surface area contributed by atoms with E-state index in [0.29, 0.717) is 17.0 Å². The van der Waals surface area contributed by atoms with Crippen LogP contribution in [0.1, 0.15) is 22.3 Å². The second-order valence-corrected chi connectivity index (χ2v) is 5.84. The summed E-state index contributed by atoms with van der Waals surface area (Å²) in [7, 11) is 0. The molecule has 0 fully saturated rings. The fourth-order valence-electron chi connectivity index (χ4n) is 2.53. The van der Waals surface area contributed by atoms with E-state index in [1.165, 1.54) is 22.8 Å². The van der Waals surface area contributed by atoms with Gasteiger partial charge in [0.25, 0.3) is 0 Å². The summed E-state index contributed by atoms with van der Waals surface area (Å²) in [4.78, 5) is 0. The Morgan fingerprint density at radius 2 is 1.70 bits per heavy atom. The van der Waals surface area contributed by atoms with Gasteiger partial charge in [-0.2, -0.15) is 0 Å². The van der Waals surface area contributed by atoms with E-state index < -0.39 is 0 Å². The summed E-state index contributed by atoms with van der Waals surface area (Å²) in [6.45, 7) is 4.14. The zero-order chi connectivity index (χ0) is 14.7. The molecule has 2 aromatic rings. The molecule has 3 heteroatoms. The first-order chi connectivity index (χ1) is 9.44. The Balaban J connectivity index is 2.06. The third-order valence-electron chi connectivity index (χ3n) is 3.28. The maximum Gasteiger partial charge on any atom is 0.127 e. The number of benzene rings is 2. The smallest absolute Gasteiger partial charge is 0.127 e. The van der Waals surface area contributed by atoms with Crippen molar-refractivity contribution >= 4 is 11.6 Å². The van der Waals surface area contributed by atoms with Crippen LogP contribution in [0.2, 0.25) is 5.02 Å². The molecule has 1 nitrogen and oxygen atoms in total. The van der Waals surface area contributed by atoms with Crippen LogP contribution in [0.5, 0.6) is 0 Å². The molecule has 20 heavy (non-hydrogen) atoms. The van der Waals surface area contributed by atoms with Crippen molar-refractivity contribution in [3.63, 3.8) is 0 Å². The lowest BCUT2D eigenvalue weighted by Gasteiger charge is -2.13. The molecule has 0 aliphatic carbocycles. The highest BCUT2D eigenvalue weighted by molar-refractivity contribution is 6.30. The molecule has 2 rings (SSSR count). The molecule has 0 radical (unpaired) electrons. The van der Waals surface area contributed by atoms with E-state index in [1.54, 1.807) is 12.1 Å². The summed E-state index contributed by atoms with van der Waals surface area (Å²) in [5.41, 5.74) is 10.4. The van der Waals surface area contributed by atoms with Crippen LogP contribution in [-0.2, 0) is 12.8 Å². The zero-order valence-electron chi connectivity index (χ0n) is 11.8. The van der Waals surface area contributed by atoms with Crippen LogP contribution in [-0.4, -0.2) is 6.04 Å². The lowest BCUT2D eigenvalue weighted by atomic mass is 9.97. The molecule has 0 heterocycles. The number of hydrogen-bond donors (Lipinski definition) is 1. The number of halogens is 2. The fourth-order valence-corrected chi connectivity index (χ4v) is 2.69. The van der Waals surface area contributed by atoms with E-state index >= 15 is 0 Å². The Kier molecular flexibility index (Phi) is 4.79. The van der Waals surface area contributed by atoms with Crippen LogP contribution >= 0.6 is 11.6 Å². The summed E-state index contributed by atoms with van der Waals surface area (Å²) < 4.78 is 13.7. The first-order valence-electron chi connectivity index (χ1n) is 6.70. The largest absolute Gasteiger partial charge is 0.327 e. The maximum absolute atomic E-state index is 13.7. The van der Waals surface area contributed by atoms with E-state index in [1.807, 2.05) is 0 Å². The second kappa shape index (κ2) is 6.38. The van der Waals surface area contributed by atoms with E-state index in [4.69, 9.17) is 17.3 Å². The monoisotopic (exact) mass is 291 g/mol. The standard InChI is InChI=1S/C17H19ClFN/c1-11-5-12(2)7-13(6-11)8-16(20)9-14-3-4-15(18)10-17(14)19/h3-7,10,16H,8-9,20H2,1-2H3. The second-order valence-electron chi connectivity index (χ2n) is 5.40. The molecule has 0 saturated carbocycles. The minimum atomic E-state index is -0.284. The Morgan fingerprint density at radius 3 is 2.30 bits per heavy atom. The average molecular weight is 292 g/mol. The normalized spacial score (nSPS) is 12.4. The molecule has 0 aromatic heterocycles. The summed E-state index contributed by atoms with van der Waals surface area (Å²) >= 11 is 5.75. The number of nitrogens with two attached hydrogens (primary N) is 1. The van der Waals surface area contributed by atoms with Crippen LogP contribution in [0, 0.1) is 19.7 Å². The molecule has 1 atom stereocenters. The Hall–Kier alpha value is -1.38. The first-order valence-corrected chi connectivity index (χ1v) is 7.08. The molecule has 0 amide bonds. The van der Waals surface area contributed by atoms with E-state index in [2.05, 4.69) is 32.0 Å². The van der Waals surface area contributed by atoms with Gasteiger partial charge in [-0.25, -0.2) is 4.39 Å². The van der Waals surface area contributed by atoms with Gasteiger partial charge in [0.2, 0.25) is 0 Å². The van der Waals surface area contributed by atoms with Gasteiger partial charge in [-0.15, -0.1) is 0 Å². The van der Waals surface area contributed by atoms with Crippen LogP contribution in [0.15, 0.2) is 36.4 Å². The number of rotatable bonds is 4. The van der Waals surface area contributed by atoms with E-state index in [0.717, 1.165) is 6.42 Å². The quantitative estimate of drug-likeness (QED) is 0.897. The third-order valence-corrected chi connectivity index (χ3v) is 3.51. The van der Waals surface area contributed by atoms with Crippen molar-refractivity contribution in [2.24, 2.45) is 5.73 Å². The summed E-state index contributed by atoms with van der Waals surface area (Å²) in [6.07, 6.45) is 1.25. The molecule has 1 unspecified atom stereocenters. The van der Waals surface area contributed by atoms with Gasteiger partial charge in [-0.05, 0) is 49.9 Å². The number of aryl methyl sites for hydroxylation is 2. The molecule has 106 valence electrons.